The molecule has 1 heterocycles. The Kier molecular flexibility index (Phi) is 5.55. The number of guanidine groups is 1. The van der Waals surface area contributed by atoms with Crippen molar-refractivity contribution in [3.8, 4) is 0 Å². The van der Waals surface area contributed by atoms with Gasteiger partial charge in [-0.25, -0.2) is 5.84 Å². The van der Waals surface area contributed by atoms with Gasteiger partial charge in [0.25, 0.3) is 0 Å². The molecule has 4 N–H and O–H groups in total. The maximum Gasteiger partial charge on any atom is 0.205 e. The van der Waals surface area contributed by atoms with Gasteiger partial charge in [0.15, 0.2) is 0 Å². The molecule has 1 rings (SSSR count). The average molecular weight is 228 g/mol. The standard InChI is InChI=1S/C11H24N4O/c1-3-6-13-10(15-12)14-9-11(2)4-7-16-8-5-11/h3-9,12H2,1-2H3,(H2,13,14,15). The highest BCUT2D eigenvalue weighted by molar-refractivity contribution is 5.79. The molecule has 0 aromatic rings. The van der Waals surface area contributed by atoms with E-state index in [1.54, 1.807) is 0 Å². The SMILES string of the molecule is CCCNC(=NCC1(C)CCOCC1)NN. The number of nitrogens with zero attached hydrogens (tertiary/aromatic N) is 1. The molecule has 0 radical (unpaired) electrons. The van der Waals surface area contributed by atoms with Crippen molar-refractivity contribution in [1.29, 1.82) is 0 Å². The quantitative estimate of drug-likeness (QED) is 0.285. The summed E-state index contributed by atoms with van der Waals surface area (Å²) in [5.74, 6) is 6.09. The maximum atomic E-state index is 5.40. The van der Waals surface area contributed by atoms with E-state index < -0.39 is 0 Å². The molecule has 0 aromatic carbocycles. The topological polar surface area (TPSA) is 71.7 Å². The van der Waals surface area contributed by atoms with Crippen molar-refractivity contribution in [3.63, 3.8) is 0 Å². The van der Waals surface area contributed by atoms with Crippen LogP contribution in [0, 0.1) is 5.41 Å². The Bertz CT molecular complexity index is 224. The zero-order chi connectivity index (χ0) is 11.9. The molecule has 1 aliphatic heterocycles. The first-order chi connectivity index (χ1) is 7.70. The lowest BCUT2D eigenvalue weighted by atomic mass is 9.83. The molecule has 0 aliphatic carbocycles. The normalized spacial score (nSPS) is 20.6. The van der Waals surface area contributed by atoms with Crippen molar-refractivity contribution in [2.75, 3.05) is 26.3 Å². The van der Waals surface area contributed by atoms with Crippen LogP contribution in [0.4, 0.5) is 0 Å². The van der Waals surface area contributed by atoms with Crippen LogP contribution in [0.2, 0.25) is 0 Å². The van der Waals surface area contributed by atoms with E-state index in [1.165, 1.54) is 0 Å². The van der Waals surface area contributed by atoms with E-state index in [0.717, 1.165) is 45.6 Å². The van der Waals surface area contributed by atoms with Gasteiger partial charge in [-0.3, -0.25) is 10.4 Å². The lowest BCUT2D eigenvalue weighted by Gasteiger charge is -2.32. The molecule has 0 amide bonds. The number of ether oxygens (including phenoxy) is 1. The summed E-state index contributed by atoms with van der Waals surface area (Å²) in [6, 6.07) is 0. The first-order valence-corrected chi connectivity index (χ1v) is 6.03. The van der Waals surface area contributed by atoms with Crippen molar-refractivity contribution >= 4 is 5.96 Å². The zero-order valence-corrected chi connectivity index (χ0v) is 10.4. The van der Waals surface area contributed by atoms with Crippen LogP contribution in [-0.2, 0) is 4.74 Å². The Morgan fingerprint density at radius 3 is 2.69 bits per heavy atom. The van der Waals surface area contributed by atoms with E-state index in [4.69, 9.17) is 10.6 Å². The first kappa shape index (κ1) is 13.3. The molecule has 0 spiro atoms. The highest BCUT2D eigenvalue weighted by Gasteiger charge is 2.26. The van der Waals surface area contributed by atoms with Crippen molar-refractivity contribution in [3.05, 3.63) is 0 Å². The van der Waals surface area contributed by atoms with Crippen molar-refractivity contribution in [1.82, 2.24) is 10.7 Å². The summed E-state index contributed by atoms with van der Waals surface area (Å²) in [5.41, 5.74) is 2.86. The minimum absolute atomic E-state index is 0.258. The van der Waals surface area contributed by atoms with Crippen LogP contribution < -0.4 is 16.6 Å². The molecule has 0 unspecified atom stereocenters. The van der Waals surface area contributed by atoms with Gasteiger partial charge in [-0.2, -0.15) is 0 Å². The van der Waals surface area contributed by atoms with Crippen LogP contribution in [-0.4, -0.2) is 32.3 Å². The molecule has 0 bridgehead atoms. The molecule has 16 heavy (non-hydrogen) atoms. The fourth-order valence-electron chi connectivity index (χ4n) is 1.69. The van der Waals surface area contributed by atoms with Crippen LogP contribution in [0.5, 0.6) is 0 Å². The summed E-state index contributed by atoms with van der Waals surface area (Å²) in [6.07, 6.45) is 3.20. The van der Waals surface area contributed by atoms with Gasteiger partial charge in [0, 0.05) is 26.3 Å². The van der Waals surface area contributed by atoms with Crippen molar-refractivity contribution < 1.29 is 4.74 Å². The lowest BCUT2D eigenvalue weighted by Crippen LogP contribution is -2.43. The summed E-state index contributed by atoms with van der Waals surface area (Å²) >= 11 is 0. The number of hydrogen-bond acceptors (Lipinski definition) is 3. The smallest absolute Gasteiger partial charge is 0.205 e. The van der Waals surface area contributed by atoms with Crippen molar-refractivity contribution in [2.45, 2.75) is 33.1 Å². The van der Waals surface area contributed by atoms with E-state index in [2.05, 4.69) is 29.6 Å². The monoisotopic (exact) mass is 228 g/mol. The third kappa shape index (κ3) is 4.37. The van der Waals surface area contributed by atoms with Crippen LogP contribution in [0.1, 0.15) is 33.1 Å². The fourth-order valence-corrected chi connectivity index (χ4v) is 1.69. The van der Waals surface area contributed by atoms with Crippen LogP contribution in [0.25, 0.3) is 0 Å². The predicted molar refractivity (Wildman–Crippen MR) is 66.1 cm³/mol. The molecule has 5 nitrogen and oxygen atoms in total. The molecular weight excluding hydrogens is 204 g/mol. The number of aliphatic imine (C=N–C) groups is 1. The molecule has 1 saturated heterocycles. The maximum absolute atomic E-state index is 5.40. The molecule has 0 atom stereocenters. The van der Waals surface area contributed by atoms with E-state index >= 15 is 0 Å². The third-order valence-corrected chi connectivity index (χ3v) is 3.00. The van der Waals surface area contributed by atoms with Crippen LogP contribution >= 0.6 is 0 Å². The molecule has 1 fully saturated rings. The molecule has 0 saturated carbocycles. The summed E-state index contributed by atoms with van der Waals surface area (Å²) in [7, 11) is 0. The Labute approximate surface area is 97.8 Å². The Hall–Kier alpha value is -0.810. The minimum atomic E-state index is 0.258. The molecule has 0 aromatic heterocycles. The van der Waals surface area contributed by atoms with Crippen LogP contribution in [0.3, 0.4) is 0 Å². The third-order valence-electron chi connectivity index (χ3n) is 3.00. The number of nitrogens with one attached hydrogen (secondary N) is 2. The summed E-state index contributed by atoms with van der Waals surface area (Å²) < 4.78 is 5.36. The van der Waals surface area contributed by atoms with Gasteiger partial charge in [-0.15, -0.1) is 0 Å². The van der Waals surface area contributed by atoms with E-state index in [-0.39, 0.29) is 5.41 Å². The largest absolute Gasteiger partial charge is 0.381 e. The number of nitrogens with two attached hydrogens (primary N) is 1. The van der Waals surface area contributed by atoms with Gasteiger partial charge in [0.05, 0.1) is 0 Å². The zero-order valence-electron chi connectivity index (χ0n) is 10.4. The van der Waals surface area contributed by atoms with Crippen molar-refractivity contribution in [2.24, 2.45) is 16.3 Å². The Balaban J connectivity index is 2.41. The second-order valence-electron chi connectivity index (χ2n) is 4.66. The predicted octanol–water partition coefficient (Wildman–Crippen LogP) is 0.622. The van der Waals surface area contributed by atoms with Gasteiger partial charge in [-0.1, -0.05) is 13.8 Å². The Morgan fingerprint density at radius 1 is 1.44 bits per heavy atom. The van der Waals surface area contributed by atoms with E-state index in [0.29, 0.717) is 5.96 Å². The highest BCUT2D eigenvalue weighted by atomic mass is 16.5. The fraction of sp³-hybridized carbons (Fsp3) is 0.909. The molecule has 94 valence electrons. The second kappa shape index (κ2) is 6.70. The summed E-state index contributed by atoms with van der Waals surface area (Å²) in [4.78, 5) is 4.49. The molecular formula is C11H24N4O. The van der Waals surface area contributed by atoms with Crippen LogP contribution in [0.15, 0.2) is 4.99 Å². The number of hydrazine groups is 1. The summed E-state index contributed by atoms with van der Waals surface area (Å²) in [6.45, 7) is 7.75. The van der Waals surface area contributed by atoms with Gasteiger partial charge in [0.1, 0.15) is 0 Å². The lowest BCUT2D eigenvalue weighted by molar-refractivity contribution is 0.0283. The van der Waals surface area contributed by atoms with E-state index in [9.17, 15) is 0 Å². The molecule has 5 heteroatoms. The van der Waals surface area contributed by atoms with Gasteiger partial charge in [0.2, 0.25) is 5.96 Å². The first-order valence-electron chi connectivity index (χ1n) is 6.03. The van der Waals surface area contributed by atoms with Gasteiger partial charge < -0.3 is 10.1 Å². The minimum Gasteiger partial charge on any atom is -0.381 e. The Morgan fingerprint density at radius 2 is 2.12 bits per heavy atom. The number of rotatable bonds is 4. The number of hydrogen-bond donors (Lipinski definition) is 3. The highest BCUT2D eigenvalue weighted by Crippen LogP contribution is 2.29. The molecule has 1 aliphatic rings. The second-order valence-corrected chi connectivity index (χ2v) is 4.66. The average Bonchev–Trinajstić information content (AvgIpc) is 2.30. The van der Waals surface area contributed by atoms with Gasteiger partial charge >= 0.3 is 0 Å². The summed E-state index contributed by atoms with van der Waals surface area (Å²) in [5, 5.41) is 3.16. The van der Waals surface area contributed by atoms with Gasteiger partial charge in [-0.05, 0) is 24.7 Å². The van der Waals surface area contributed by atoms with E-state index in [1.807, 2.05) is 0 Å².